The molecule has 5 heterocycles. The van der Waals surface area contributed by atoms with Gasteiger partial charge in [0.25, 0.3) is 5.56 Å². The molecule has 0 N–H and O–H groups in total. The van der Waals surface area contributed by atoms with Crippen LogP contribution in [-0.2, 0) is 4.74 Å². The summed E-state index contributed by atoms with van der Waals surface area (Å²) in [5, 5.41) is 6.05. The van der Waals surface area contributed by atoms with Gasteiger partial charge in [-0.3, -0.25) is 9.78 Å². The standard InChI is InChI=1S/C26H30N6O3/c1-16-12-22(29-32-15-17(2)28-23(16)32)21-13-18-6-11-31(24(33)20(18)14-27-21)19-7-9-30(10-8-19)25(34)35-26(3,4)5/h6,11-15,19H,7-10H2,1-5H3. The van der Waals surface area contributed by atoms with Gasteiger partial charge in [-0.15, -0.1) is 0 Å². The number of hydrogen-bond acceptors (Lipinski definition) is 6. The van der Waals surface area contributed by atoms with Crippen LogP contribution in [-0.4, -0.2) is 53.8 Å². The minimum Gasteiger partial charge on any atom is -0.444 e. The van der Waals surface area contributed by atoms with E-state index in [4.69, 9.17) is 4.74 Å². The third-order valence-electron chi connectivity index (χ3n) is 6.32. The summed E-state index contributed by atoms with van der Waals surface area (Å²) in [6.45, 7) is 10.6. The Kier molecular flexibility index (Phi) is 5.57. The summed E-state index contributed by atoms with van der Waals surface area (Å²) in [6, 6.07) is 5.86. The maximum Gasteiger partial charge on any atom is 0.410 e. The molecule has 9 nitrogen and oxygen atoms in total. The third kappa shape index (κ3) is 4.50. The molecule has 9 heteroatoms. The minimum atomic E-state index is -0.521. The maximum atomic E-state index is 13.3. The second-order valence-electron chi connectivity index (χ2n) is 10.2. The number of nitrogens with zero attached hydrogens (tertiary/aromatic N) is 6. The number of carbonyl (C=O) groups is 1. The van der Waals surface area contributed by atoms with Crippen LogP contribution in [0.15, 0.2) is 41.6 Å². The number of amides is 1. The van der Waals surface area contributed by atoms with Gasteiger partial charge in [0.15, 0.2) is 5.65 Å². The Morgan fingerprint density at radius 1 is 1.11 bits per heavy atom. The van der Waals surface area contributed by atoms with Gasteiger partial charge in [-0.2, -0.15) is 5.10 Å². The molecule has 0 aromatic carbocycles. The van der Waals surface area contributed by atoms with Gasteiger partial charge in [0.2, 0.25) is 0 Å². The molecule has 1 aliphatic rings. The predicted molar refractivity (Wildman–Crippen MR) is 134 cm³/mol. The highest BCUT2D eigenvalue weighted by atomic mass is 16.6. The Balaban J connectivity index is 1.39. The molecule has 0 bridgehead atoms. The quantitative estimate of drug-likeness (QED) is 0.430. The van der Waals surface area contributed by atoms with Crippen molar-refractivity contribution >= 4 is 22.5 Å². The molecule has 0 spiro atoms. The second kappa shape index (κ2) is 8.48. The molecular formula is C26H30N6O3. The monoisotopic (exact) mass is 474 g/mol. The molecule has 1 aliphatic heterocycles. The first-order valence-corrected chi connectivity index (χ1v) is 11.9. The number of carbonyl (C=O) groups excluding carboxylic acids is 1. The lowest BCUT2D eigenvalue weighted by Gasteiger charge is -2.34. The van der Waals surface area contributed by atoms with E-state index in [1.165, 1.54) is 0 Å². The molecule has 0 unspecified atom stereocenters. The lowest BCUT2D eigenvalue weighted by Crippen LogP contribution is -2.43. The topological polar surface area (TPSA) is 94.6 Å². The number of aromatic nitrogens is 5. The summed E-state index contributed by atoms with van der Waals surface area (Å²) >= 11 is 0. The number of fused-ring (bicyclic) bond motifs is 2. The summed E-state index contributed by atoms with van der Waals surface area (Å²) in [7, 11) is 0. The molecular weight excluding hydrogens is 444 g/mol. The van der Waals surface area contributed by atoms with Gasteiger partial charge in [-0.1, -0.05) is 0 Å². The van der Waals surface area contributed by atoms with Crippen molar-refractivity contribution in [3.05, 3.63) is 58.4 Å². The van der Waals surface area contributed by atoms with Crippen LogP contribution in [0.1, 0.15) is 50.9 Å². The smallest absolute Gasteiger partial charge is 0.410 e. The van der Waals surface area contributed by atoms with E-state index in [1.807, 2.05) is 65.2 Å². The second-order valence-corrected chi connectivity index (χ2v) is 10.2. The number of hydrogen-bond donors (Lipinski definition) is 0. The summed E-state index contributed by atoms with van der Waals surface area (Å²) in [4.78, 5) is 36.4. The van der Waals surface area contributed by atoms with Crippen molar-refractivity contribution in [2.45, 2.75) is 59.1 Å². The first kappa shape index (κ1) is 23.0. The number of ether oxygens (including phenoxy) is 1. The number of piperidine rings is 1. The normalized spacial score (nSPS) is 15.2. The van der Waals surface area contributed by atoms with E-state index in [0.717, 1.165) is 28.0 Å². The van der Waals surface area contributed by atoms with Crippen LogP contribution < -0.4 is 5.56 Å². The molecule has 4 aromatic rings. The first-order chi connectivity index (χ1) is 16.6. The Hall–Kier alpha value is -3.75. The molecule has 0 radical (unpaired) electrons. The van der Waals surface area contributed by atoms with Crippen LogP contribution in [0, 0.1) is 13.8 Å². The highest BCUT2D eigenvalue weighted by Gasteiger charge is 2.28. The number of imidazole rings is 1. The fourth-order valence-corrected chi connectivity index (χ4v) is 4.61. The van der Waals surface area contributed by atoms with Gasteiger partial charge in [0.05, 0.1) is 23.0 Å². The molecule has 35 heavy (non-hydrogen) atoms. The Labute approximate surface area is 203 Å². The van der Waals surface area contributed by atoms with E-state index in [9.17, 15) is 9.59 Å². The lowest BCUT2D eigenvalue weighted by atomic mass is 10.0. The highest BCUT2D eigenvalue weighted by Crippen LogP contribution is 2.25. The molecule has 182 valence electrons. The molecule has 0 aliphatic carbocycles. The van der Waals surface area contributed by atoms with E-state index >= 15 is 0 Å². The summed E-state index contributed by atoms with van der Waals surface area (Å²) in [5.74, 6) is 0. The molecule has 1 fully saturated rings. The average Bonchev–Trinajstić information content (AvgIpc) is 3.19. The number of rotatable bonds is 2. The zero-order valence-corrected chi connectivity index (χ0v) is 20.8. The van der Waals surface area contributed by atoms with E-state index < -0.39 is 5.60 Å². The number of likely N-dealkylation sites (tertiary alicyclic amines) is 1. The van der Waals surface area contributed by atoms with Crippen molar-refractivity contribution in [1.29, 1.82) is 0 Å². The van der Waals surface area contributed by atoms with E-state index in [1.54, 1.807) is 20.2 Å². The van der Waals surface area contributed by atoms with Crippen LogP contribution in [0.3, 0.4) is 0 Å². The fourth-order valence-electron chi connectivity index (χ4n) is 4.61. The van der Waals surface area contributed by atoms with Crippen molar-refractivity contribution in [2.75, 3.05) is 13.1 Å². The SMILES string of the molecule is Cc1cn2nc(-c3cc4ccn(C5CCN(C(=O)OC(C)(C)C)CC5)c(=O)c4cn3)cc(C)c2n1. The summed E-state index contributed by atoms with van der Waals surface area (Å²) in [6.07, 6.45) is 6.47. The van der Waals surface area contributed by atoms with E-state index in [-0.39, 0.29) is 17.7 Å². The summed E-state index contributed by atoms with van der Waals surface area (Å²) in [5.41, 5.74) is 3.59. The zero-order valence-electron chi connectivity index (χ0n) is 20.8. The van der Waals surface area contributed by atoms with Gasteiger partial charge >= 0.3 is 6.09 Å². The maximum absolute atomic E-state index is 13.3. The average molecular weight is 475 g/mol. The minimum absolute atomic E-state index is 0.0291. The highest BCUT2D eigenvalue weighted by molar-refractivity contribution is 5.84. The third-order valence-corrected chi connectivity index (χ3v) is 6.32. The van der Waals surface area contributed by atoms with E-state index in [0.29, 0.717) is 37.0 Å². The Bertz CT molecular complexity index is 1490. The van der Waals surface area contributed by atoms with Gasteiger partial charge in [0, 0.05) is 31.5 Å². The van der Waals surface area contributed by atoms with Crippen molar-refractivity contribution in [3.63, 3.8) is 0 Å². The zero-order chi connectivity index (χ0) is 24.9. The van der Waals surface area contributed by atoms with E-state index in [2.05, 4.69) is 15.1 Å². The lowest BCUT2D eigenvalue weighted by molar-refractivity contribution is 0.0187. The van der Waals surface area contributed by atoms with Gasteiger partial charge in [-0.05, 0) is 76.6 Å². The van der Waals surface area contributed by atoms with Crippen LogP contribution in [0.2, 0.25) is 0 Å². The van der Waals surface area contributed by atoms with Crippen molar-refractivity contribution in [3.8, 4) is 11.4 Å². The largest absolute Gasteiger partial charge is 0.444 e. The van der Waals surface area contributed by atoms with Crippen LogP contribution >= 0.6 is 0 Å². The van der Waals surface area contributed by atoms with Crippen LogP contribution in [0.5, 0.6) is 0 Å². The summed E-state index contributed by atoms with van der Waals surface area (Å²) < 4.78 is 9.03. The van der Waals surface area contributed by atoms with Gasteiger partial charge in [-0.25, -0.2) is 14.3 Å². The molecule has 5 rings (SSSR count). The van der Waals surface area contributed by atoms with Gasteiger partial charge < -0.3 is 14.2 Å². The molecule has 1 amide bonds. The van der Waals surface area contributed by atoms with Crippen molar-refractivity contribution in [1.82, 2.24) is 29.0 Å². The Morgan fingerprint density at radius 2 is 1.86 bits per heavy atom. The van der Waals surface area contributed by atoms with Crippen LogP contribution in [0.4, 0.5) is 4.79 Å². The van der Waals surface area contributed by atoms with Crippen molar-refractivity contribution < 1.29 is 9.53 Å². The number of aryl methyl sites for hydroxylation is 2. The van der Waals surface area contributed by atoms with Crippen molar-refractivity contribution in [2.24, 2.45) is 0 Å². The molecule has 4 aromatic heterocycles. The molecule has 0 saturated carbocycles. The first-order valence-electron chi connectivity index (χ1n) is 11.9. The molecule has 0 atom stereocenters. The van der Waals surface area contributed by atoms with Gasteiger partial charge in [0.1, 0.15) is 11.3 Å². The Morgan fingerprint density at radius 3 is 2.57 bits per heavy atom. The number of pyridine rings is 2. The molecule has 1 saturated heterocycles. The predicted octanol–water partition coefficient (Wildman–Crippen LogP) is 4.30. The fraction of sp³-hybridized carbons (Fsp3) is 0.423. The van der Waals surface area contributed by atoms with Crippen LogP contribution in [0.25, 0.3) is 27.8 Å².